The Bertz CT molecular complexity index is 476. The highest BCUT2D eigenvalue weighted by molar-refractivity contribution is 5.40. The van der Waals surface area contributed by atoms with E-state index in [0.29, 0.717) is 24.4 Å². The number of alkyl halides is 2. The monoisotopic (exact) mass is 315 g/mol. The van der Waals surface area contributed by atoms with Gasteiger partial charge in [-0.05, 0) is 18.9 Å². The average molecular weight is 315 g/mol. The van der Waals surface area contributed by atoms with Gasteiger partial charge in [-0.2, -0.15) is 8.78 Å². The zero-order valence-electron chi connectivity index (χ0n) is 12.8. The zero-order chi connectivity index (χ0) is 16.0. The molecule has 0 saturated heterocycles. The quantitative estimate of drug-likeness (QED) is 0.812. The van der Waals surface area contributed by atoms with Crippen LogP contribution in [0.1, 0.15) is 37.7 Å². The van der Waals surface area contributed by atoms with Crippen molar-refractivity contribution in [3.05, 3.63) is 23.8 Å². The Labute approximate surface area is 129 Å². The molecule has 1 aromatic carbocycles. The number of aliphatic hydroxyl groups is 1. The van der Waals surface area contributed by atoms with Gasteiger partial charge in [0.1, 0.15) is 11.5 Å². The molecule has 1 fully saturated rings. The second-order valence-corrected chi connectivity index (χ2v) is 5.74. The van der Waals surface area contributed by atoms with Crippen LogP contribution in [0.5, 0.6) is 11.5 Å². The highest BCUT2D eigenvalue weighted by Crippen LogP contribution is 2.29. The molecule has 0 radical (unpaired) electrons. The fourth-order valence-electron chi connectivity index (χ4n) is 2.83. The Hall–Kier alpha value is -1.40. The smallest absolute Gasteiger partial charge is 0.387 e. The van der Waals surface area contributed by atoms with Crippen molar-refractivity contribution in [1.29, 1.82) is 0 Å². The molecule has 0 aromatic heterocycles. The predicted octanol–water partition coefficient (Wildman–Crippen LogP) is 3.08. The van der Waals surface area contributed by atoms with Gasteiger partial charge in [-0.25, -0.2) is 0 Å². The molecule has 0 amide bonds. The Balaban J connectivity index is 1.96. The number of hydrogen-bond acceptors (Lipinski definition) is 4. The second-order valence-electron chi connectivity index (χ2n) is 5.74. The SMILES string of the molecule is COc1ccc(CNCC2(O)CCCCC2)c(OC(F)F)c1. The van der Waals surface area contributed by atoms with Gasteiger partial charge in [0, 0.05) is 24.7 Å². The van der Waals surface area contributed by atoms with E-state index in [9.17, 15) is 13.9 Å². The Kier molecular flexibility index (Phi) is 5.97. The first-order valence-electron chi connectivity index (χ1n) is 7.57. The van der Waals surface area contributed by atoms with Crippen molar-refractivity contribution in [2.75, 3.05) is 13.7 Å². The zero-order valence-corrected chi connectivity index (χ0v) is 12.8. The van der Waals surface area contributed by atoms with Crippen molar-refractivity contribution in [3.63, 3.8) is 0 Å². The first kappa shape index (κ1) is 17.0. The van der Waals surface area contributed by atoms with Crippen LogP contribution in [-0.2, 0) is 6.54 Å². The summed E-state index contributed by atoms with van der Waals surface area (Å²) in [5, 5.41) is 13.6. The summed E-state index contributed by atoms with van der Waals surface area (Å²) in [5.41, 5.74) is -0.0745. The number of halogens is 2. The number of ether oxygens (including phenoxy) is 2. The molecule has 1 aromatic rings. The van der Waals surface area contributed by atoms with Crippen molar-refractivity contribution in [1.82, 2.24) is 5.32 Å². The van der Waals surface area contributed by atoms with E-state index in [4.69, 9.17) is 4.74 Å². The van der Waals surface area contributed by atoms with E-state index in [-0.39, 0.29) is 5.75 Å². The Morgan fingerprint density at radius 1 is 1.27 bits per heavy atom. The fraction of sp³-hybridized carbons (Fsp3) is 0.625. The first-order chi connectivity index (χ1) is 10.5. The molecule has 2 N–H and O–H groups in total. The van der Waals surface area contributed by atoms with Gasteiger partial charge < -0.3 is 19.9 Å². The van der Waals surface area contributed by atoms with Crippen LogP contribution in [-0.4, -0.2) is 31.0 Å². The molecule has 0 atom stereocenters. The van der Waals surface area contributed by atoms with Crippen LogP contribution >= 0.6 is 0 Å². The minimum atomic E-state index is -2.88. The summed E-state index contributed by atoms with van der Waals surface area (Å²) in [4.78, 5) is 0. The van der Waals surface area contributed by atoms with Gasteiger partial charge in [-0.3, -0.25) is 0 Å². The van der Waals surface area contributed by atoms with Gasteiger partial charge >= 0.3 is 6.61 Å². The van der Waals surface area contributed by atoms with Crippen LogP contribution < -0.4 is 14.8 Å². The topological polar surface area (TPSA) is 50.7 Å². The summed E-state index contributed by atoms with van der Waals surface area (Å²) in [6, 6.07) is 4.83. The molecule has 0 unspecified atom stereocenters. The van der Waals surface area contributed by atoms with E-state index in [1.807, 2.05) is 0 Å². The second kappa shape index (κ2) is 7.74. The van der Waals surface area contributed by atoms with Gasteiger partial charge in [0.2, 0.25) is 0 Å². The maximum atomic E-state index is 12.5. The summed E-state index contributed by atoms with van der Waals surface area (Å²) >= 11 is 0. The third-order valence-electron chi connectivity index (χ3n) is 4.04. The molecule has 1 saturated carbocycles. The van der Waals surface area contributed by atoms with Crippen LogP contribution in [0, 0.1) is 0 Å². The van der Waals surface area contributed by atoms with E-state index in [1.54, 1.807) is 12.1 Å². The van der Waals surface area contributed by atoms with Gasteiger partial charge in [0.15, 0.2) is 0 Å². The van der Waals surface area contributed by atoms with Gasteiger partial charge in [-0.1, -0.05) is 25.3 Å². The highest BCUT2D eigenvalue weighted by atomic mass is 19.3. The van der Waals surface area contributed by atoms with E-state index < -0.39 is 12.2 Å². The Morgan fingerprint density at radius 2 is 2.00 bits per heavy atom. The molecule has 2 rings (SSSR count). The largest absolute Gasteiger partial charge is 0.497 e. The van der Waals surface area contributed by atoms with Gasteiger partial charge in [0.25, 0.3) is 0 Å². The van der Waals surface area contributed by atoms with E-state index >= 15 is 0 Å². The molecule has 124 valence electrons. The number of hydrogen-bond donors (Lipinski definition) is 2. The van der Waals surface area contributed by atoms with Crippen LogP contribution in [0.25, 0.3) is 0 Å². The number of benzene rings is 1. The molecule has 0 heterocycles. The third-order valence-corrected chi connectivity index (χ3v) is 4.04. The molecule has 22 heavy (non-hydrogen) atoms. The maximum absolute atomic E-state index is 12.5. The Morgan fingerprint density at radius 3 is 2.64 bits per heavy atom. The van der Waals surface area contributed by atoms with Crippen molar-refractivity contribution in [3.8, 4) is 11.5 Å². The standard InChI is InChI=1S/C16H23F2NO3/c1-21-13-6-5-12(14(9-13)22-15(17)18)10-19-11-16(20)7-3-2-4-8-16/h5-6,9,15,19-20H,2-4,7-8,10-11H2,1H3. The predicted molar refractivity (Wildman–Crippen MR) is 79.4 cm³/mol. The highest BCUT2D eigenvalue weighted by Gasteiger charge is 2.28. The summed E-state index contributed by atoms with van der Waals surface area (Å²) < 4.78 is 34.5. The van der Waals surface area contributed by atoms with E-state index in [1.165, 1.54) is 13.2 Å². The lowest BCUT2D eigenvalue weighted by Crippen LogP contribution is -2.41. The molecular formula is C16H23F2NO3. The minimum absolute atomic E-state index is 0.0949. The van der Waals surface area contributed by atoms with Crippen LogP contribution in [0.4, 0.5) is 8.78 Å². The van der Waals surface area contributed by atoms with Crippen LogP contribution in [0.2, 0.25) is 0 Å². The lowest BCUT2D eigenvalue weighted by Gasteiger charge is -2.32. The maximum Gasteiger partial charge on any atom is 0.387 e. The normalized spacial score (nSPS) is 17.5. The molecule has 6 heteroatoms. The summed E-state index contributed by atoms with van der Waals surface area (Å²) in [6.07, 6.45) is 4.78. The van der Waals surface area contributed by atoms with Crippen molar-refractivity contribution >= 4 is 0 Å². The lowest BCUT2D eigenvalue weighted by atomic mass is 9.85. The minimum Gasteiger partial charge on any atom is -0.497 e. The third kappa shape index (κ3) is 4.81. The summed E-state index contributed by atoms with van der Waals surface area (Å²) in [5.74, 6) is 0.558. The van der Waals surface area contributed by atoms with E-state index in [0.717, 1.165) is 32.1 Å². The van der Waals surface area contributed by atoms with E-state index in [2.05, 4.69) is 10.1 Å². The van der Waals surface area contributed by atoms with Gasteiger partial charge in [0.05, 0.1) is 12.7 Å². The molecule has 1 aliphatic rings. The molecular weight excluding hydrogens is 292 g/mol. The van der Waals surface area contributed by atoms with Crippen LogP contribution in [0.15, 0.2) is 18.2 Å². The summed E-state index contributed by atoms with van der Waals surface area (Å²) in [6.45, 7) is -2.07. The first-order valence-corrected chi connectivity index (χ1v) is 7.57. The van der Waals surface area contributed by atoms with Crippen LogP contribution in [0.3, 0.4) is 0 Å². The number of nitrogens with one attached hydrogen (secondary N) is 1. The van der Waals surface area contributed by atoms with Crippen molar-refractivity contribution in [2.45, 2.75) is 50.9 Å². The molecule has 0 aliphatic heterocycles. The molecule has 0 bridgehead atoms. The molecule has 4 nitrogen and oxygen atoms in total. The summed E-state index contributed by atoms with van der Waals surface area (Å²) in [7, 11) is 1.47. The van der Waals surface area contributed by atoms with Crippen molar-refractivity contribution < 1.29 is 23.4 Å². The molecule has 1 aliphatic carbocycles. The number of methoxy groups -OCH3 is 1. The average Bonchev–Trinajstić information content (AvgIpc) is 2.48. The fourth-order valence-corrected chi connectivity index (χ4v) is 2.83. The number of rotatable bonds is 7. The molecule has 0 spiro atoms. The lowest BCUT2D eigenvalue weighted by molar-refractivity contribution is -0.0507. The van der Waals surface area contributed by atoms with Gasteiger partial charge in [-0.15, -0.1) is 0 Å². The van der Waals surface area contributed by atoms with Crippen molar-refractivity contribution in [2.24, 2.45) is 0 Å².